The van der Waals surface area contributed by atoms with Crippen molar-refractivity contribution in [2.75, 3.05) is 11.9 Å². The molecule has 1 aromatic heterocycles. The predicted octanol–water partition coefficient (Wildman–Crippen LogP) is 4.61. The van der Waals surface area contributed by atoms with E-state index in [4.69, 9.17) is 11.6 Å². The molecule has 32 heavy (non-hydrogen) atoms. The lowest BCUT2D eigenvalue weighted by molar-refractivity contribution is -0.116. The minimum absolute atomic E-state index is 0.115. The van der Waals surface area contributed by atoms with Gasteiger partial charge in [0.05, 0.1) is 11.0 Å². The van der Waals surface area contributed by atoms with Crippen molar-refractivity contribution in [3.8, 4) is 0 Å². The fourth-order valence-electron chi connectivity index (χ4n) is 3.58. The molecular formula is C25H23ClN4O2. The van der Waals surface area contributed by atoms with Crippen molar-refractivity contribution in [1.29, 1.82) is 0 Å². The van der Waals surface area contributed by atoms with Crippen LogP contribution in [0.2, 0.25) is 5.02 Å². The normalized spacial score (nSPS) is 10.8. The first kappa shape index (κ1) is 21.6. The molecule has 0 aliphatic rings. The van der Waals surface area contributed by atoms with Gasteiger partial charge >= 0.3 is 0 Å². The number of aromatic nitrogens is 2. The van der Waals surface area contributed by atoms with E-state index in [-0.39, 0.29) is 18.4 Å². The van der Waals surface area contributed by atoms with Gasteiger partial charge in [-0.1, -0.05) is 41.9 Å². The number of nitrogens with one attached hydrogen (secondary N) is 2. The maximum Gasteiger partial charge on any atom is 0.251 e. The number of imidazole rings is 1. The number of nitrogens with zero attached hydrogens (tertiary/aromatic N) is 2. The molecule has 4 aromatic rings. The summed E-state index contributed by atoms with van der Waals surface area (Å²) < 4.78 is 1.89. The van der Waals surface area contributed by atoms with E-state index < -0.39 is 0 Å². The number of aryl methyl sites for hydroxylation is 1. The number of carbonyl (C=O) groups is 2. The number of fused-ring (bicyclic) bond motifs is 1. The van der Waals surface area contributed by atoms with Crippen LogP contribution in [0.25, 0.3) is 11.0 Å². The topological polar surface area (TPSA) is 76.0 Å². The molecule has 2 N–H and O–H groups in total. The molecule has 4 rings (SSSR count). The molecule has 162 valence electrons. The molecule has 0 saturated heterocycles. The smallest absolute Gasteiger partial charge is 0.251 e. The molecule has 7 heteroatoms. The van der Waals surface area contributed by atoms with Crippen LogP contribution in [-0.2, 0) is 17.8 Å². The third kappa shape index (κ3) is 4.98. The highest BCUT2D eigenvalue weighted by atomic mass is 35.5. The van der Waals surface area contributed by atoms with Gasteiger partial charge in [0.2, 0.25) is 5.91 Å². The molecule has 3 aromatic carbocycles. The van der Waals surface area contributed by atoms with E-state index in [0.29, 0.717) is 29.2 Å². The van der Waals surface area contributed by atoms with Crippen molar-refractivity contribution in [1.82, 2.24) is 14.9 Å². The lowest BCUT2D eigenvalue weighted by Gasteiger charge is -2.11. The quantitative estimate of drug-likeness (QED) is 0.435. The summed E-state index contributed by atoms with van der Waals surface area (Å²) in [5, 5.41) is 6.45. The molecule has 0 spiro atoms. The molecule has 0 saturated carbocycles. The van der Waals surface area contributed by atoms with Gasteiger partial charge in [0.25, 0.3) is 5.91 Å². The zero-order valence-electron chi connectivity index (χ0n) is 17.6. The lowest BCUT2D eigenvalue weighted by Crippen LogP contribution is -2.27. The standard InChI is InChI=1S/C25H23ClN4O2/c1-17-6-2-3-7-20(17)25(32)27-15-14-23-29-21-8-4-5-9-22(21)30(23)16-24(31)28-19-12-10-18(26)11-13-19/h2-13H,14-16H2,1H3,(H,27,32)(H,28,31). The number of anilines is 1. The maximum atomic E-state index is 12.7. The molecule has 0 fully saturated rings. The zero-order chi connectivity index (χ0) is 22.5. The van der Waals surface area contributed by atoms with Gasteiger partial charge in [-0.25, -0.2) is 4.98 Å². The number of rotatable bonds is 7. The van der Waals surface area contributed by atoms with Gasteiger partial charge in [-0.3, -0.25) is 9.59 Å². The summed E-state index contributed by atoms with van der Waals surface area (Å²) in [5.74, 6) is 0.453. The largest absolute Gasteiger partial charge is 0.352 e. The first-order chi connectivity index (χ1) is 15.5. The van der Waals surface area contributed by atoms with Gasteiger partial charge in [0.1, 0.15) is 12.4 Å². The number of para-hydroxylation sites is 2. The van der Waals surface area contributed by atoms with Crippen molar-refractivity contribution < 1.29 is 9.59 Å². The summed E-state index contributed by atoms with van der Waals surface area (Å²) in [5.41, 5.74) is 3.95. The Kier molecular flexibility index (Phi) is 6.52. The lowest BCUT2D eigenvalue weighted by atomic mass is 10.1. The highest BCUT2D eigenvalue weighted by Crippen LogP contribution is 2.18. The Morgan fingerprint density at radius 2 is 1.69 bits per heavy atom. The number of carbonyl (C=O) groups excluding carboxylic acids is 2. The Bertz CT molecular complexity index is 1260. The zero-order valence-corrected chi connectivity index (χ0v) is 18.4. The molecule has 2 amide bonds. The Morgan fingerprint density at radius 1 is 0.969 bits per heavy atom. The Hall–Kier alpha value is -3.64. The Morgan fingerprint density at radius 3 is 2.47 bits per heavy atom. The second-order valence-corrected chi connectivity index (χ2v) is 7.92. The van der Waals surface area contributed by atoms with Crippen LogP contribution in [-0.4, -0.2) is 27.9 Å². The number of hydrogen-bond donors (Lipinski definition) is 2. The molecule has 0 bridgehead atoms. The summed E-state index contributed by atoms with van der Waals surface area (Å²) in [6.07, 6.45) is 0.501. The van der Waals surface area contributed by atoms with E-state index in [1.165, 1.54) is 0 Å². The van der Waals surface area contributed by atoms with Gasteiger partial charge < -0.3 is 15.2 Å². The molecule has 0 aliphatic carbocycles. The first-order valence-electron chi connectivity index (χ1n) is 10.3. The molecule has 0 radical (unpaired) electrons. The van der Waals surface area contributed by atoms with Crippen molar-refractivity contribution in [2.45, 2.75) is 19.9 Å². The van der Waals surface area contributed by atoms with Crippen LogP contribution in [0, 0.1) is 6.92 Å². The van der Waals surface area contributed by atoms with Crippen LogP contribution in [0.4, 0.5) is 5.69 Å². The molecule has 0 atom stereocenters. The van der Waals surface area contributed by atoms with Crippen molar-refractivity contribution in [3.05, 3.63) is 94.8 Å². The highest BCUT2D eigenvalue weighted by molar-refractivity contribution is 6.30. The number of hydrogen-bond acceptors (Lipinski definition) is 3. The van der Waals surface area contributed by atoms with Crippen LogP contribution < -0.4 is 10.6 Å². The second-order valence-electron chi connectivity index (χ2n) is 7.48. The van der Waals surface area contributed by atoms with E-state index in [0.717, 1.165) is 22.4 Å². The van der Waals surface area contributed by atoms with E-state index in [2.05, 4.69) is 15.6 Å². The molecule has 6 nitrogen and oxygen atoms in total. The predicted molar refractivity (Wildman–Crippen MR) is 127 cm³/mol. The summed E-state index contributed by atoms with van der Waals surface area (Å²) in [6.45, 7) is 2.44. The molecule has 0 aliphatic heterocycles. The monoisotopic (exact) mass is 446 g/mol. The average molecular weight is 447 g/mol. The van der Waals surface area contributed by atoms with Crippen LogP contribution in [0.1, 0.15) is 21.7 Å². The number of benzene rings is 3. The summed E-state index contributed by atoms with van der Waals surface area (Å²) in [6, 6.07) is 22.1. The third-order valence-corrected chi connectivity index (χ3v) is 5.44. The minimum Gasteiger partial charge on any atom is -0.352 e. The van der Waals surface area contributed by atoms with Gasteiger partial charge in [-0.15, -0.1) is 0 Å². The fourth-order valence-corrected chi connectivity index (χ4v) is 3.71. The SMILES string of the molecule is Cc1ccccc1C(=O)NCCc1nc2ccccc2n1CC(=O)Nc1ccc(Cl)cc1. The number of halogens is 1. The fraction of sp³-hybridized carbons (Fsp3) is 0.160. The van der Waals surface area contributed by atoms with Crippen LogP contribution in [0.3, 0.4) is 0 Å². The maximum absolute atomic E-state index is 12.7. The van der Waals surface area contributed by atoms with E-state index >= 15 is 0 Å². The van der Waals surface area contributed by atoms with E-state index in [1.807, 2.05) is 54.0 Å². The van der Waals surface area contributed by atoms with Crippen molar-refractivity contribution >= 4 is 40.1 Å². The summed E-state index contributed by atoms with van der Waals surface area (Å²) in [4.78, 5) is 29.9. The van der Waals surface area contributed by atoms with Crippen LogP contribution in [0.5, 0.6) is 0 Å². The van der Waals surface area contributed by atoms with E-state index in [9.17, 15) is 9.59 Å². The summed E-state index contributed by atoms with van der Waals surface area (Å²) >= 11 is 5.91. The van der Waals surface area contributed by atoms with Gasteiger partial charge in [-0.05, 0) is 55.0 Å². The Labute approximate surface area is 191 Å². The average Bonchev–Trinajstić information content (AvgIpc) is 3.13. The number of amides is 2. The minimum atomic E-state index is -0.166. The van der Waals surface area contributed by atoms with Gasteiger partial charge in [0, 0.05) is 29.2 Å². The highest BCUT2D eigenvalue weighted by Gasteiger charge is 2.15. The van der Waals surface area contributed by atoms with Gasteiger partial charge in [0.15, 0.2) is 0 Å². The van der Waals surface area contributed by atoms with Crippen LogP contribution >= 0.6 is 11.6 Å². The van der Waals surface area contributed by atoms with E-state index in [1.54, 1.807) is 30.3 Å². The van der Waals surface area contributed by atoms with Gasteiger partial charge in [-0.2, -0.15) is 0 Å². The molecule has 1 heterocycles. The third-order valence-electron chi connectivity index (χ3n) is 5.19. The van der Waals surface area contributed by atoms with Crippen LogP contribution in [0.15, 0.2) is 72.8 Å². The first-order valence-corrected chi connectivity index (χ1v) is 10.7. The second kappa shape index (κ2) is 9.66. The van der Waals surface area contributed by atoms with Crippen molar-refractivity contribution in [3.63, 3.8) is 0 Å². The molecular weight excluding hydrogens is 424 g/mol. The Balaban J connectivity index is 1.47. The molecule has 0 unspecified atom stereocenters. The van der Waals surface area contributed by atoms with Crippen molar-refractivity contribution in [2.24, 2.45) is 0 Å². The summed E-state index contributed by atoms with van der Waals surface area (Å²) in [7, 11) is 0.